The number of hydrogen-bond donors (Lipinski definition) is 1. The zero-order chi connectivity index (χ0) is 19.7. The highest BCUT2D eigenvalue weighted by atomic mass is 16.2. The van der Waals surface area contributed by atoms with E-state index in [1.54, 1.807) is 4.90 Å². The monoisotopic (exact) mass is 383 g/mol. The normalized spacial score (nSPS) is 22.6. The van der Waals surface area contributed by atoms with E-state index in [2.05, 4.69) is 5.32 Å². The molecule has 1 N–H and O–H groups in total. The lowest BCUT2D eigenvalue weighted by Gasteiger charge is -2.34. The van der Waals surface area contributed by atoms with Crippen LogP contribution in [0.2, 0.25) is 0 Å². The van der Waals surface area contributed by atoms with Crippen molar-refractivity contribution in [1.82, 2.24) is 5.32 Å². The van der Waals surface area contributed by atoms with Crippen LogP contribution in [-0.4, -0.2) is 30.4 Å². The molecule has 2 aliphatic carbocycles. The number of urea groups is 2. The van der Waals surface area contributed by atoms with Crippen LogP contribution in [0.1, 0.15) is 64.7 Å². The molecule has 0 saturated heterocycles. The average molecular weight is 383 g/mol. The number of benzene rings is 1. The van der Waals surface area contributed by atoms with Crippen molar-refractivity contribution in [1.29, 1.82) is 0 Å². The van der Waals surface area contributed by atoms with Crippen LogP contribution < -0.4 is 15.1 Å². The molecule has 4 rings (SSSR count). The first kappa shape index (κ1) is 19.0. The highest BCUT2D eigenvalue weighted by Crippen LogP contribution is 2.40. The Morgan fingerprint density at radius 3 is 2.32 bits per heavy atom. The number of nitrogens with one attached hydrogen (secondary N) is 1. The number of hydrogen-bond acceptors (Lipinski definition) is 3. The molecule has 28 heavy (non-hydrogen) atoms. The summed E-state index contributed by atoms with van der Waals surface area (Å²) in [5.41, 5.74) is 1.00. The van der Waals surface area contributed by atoms with E-state index >= 15 is 0 Å². The Labute approximate surface area is 166 Å². The van der Waals surface area contributed by atoms with Crippen LogP contribution in [0.15, 0.2) is 24.3 Å². The third kappa shape index (κ3) is 3.40. The molecule has 0 spiro atoms. The zero-order valence-electron chi connectivity index (χ0n) is 16.6. The lowest BCUT2D eigenvalue weighted by Crippen LogP contribution is -2.50. The number of para-hydroxylation sites is 2. The smallest absolute Gasteiger partial charge is 0.297 e. The van der Waals surface area contributed by atoms with Crippen LogP contribution in [0, 0.1) is 5.41 Å². The second-order valence-corrected chi connectivity index (χ2v) is 8.66. The standard InChI is InChI=1S/C22H29N3O3/c1-22(13-7-8-14-22)19(26)15-24-17-11-5-6-12-18(17)25(21(28)23-20(24)27)16-9-3-2-4-10-16/h5-6,11-12,16H,2-4,7-10,13-15H2,1H3,(H,23,27,28). The van der Waals surface area contributed by atoms with E-state index in [1.807, 2.05) is 31.2 Å². The molecule has 0 aromatic heterocycles. The summed E-state index contributed by atoms with van der Waals surface area (Å²) in [6.07, 6.45) is 9.09. The van der Waals surface area contributed by atoms with Crippen LogP contribution in [0.5, 0.6) is 0 Å². The van der Waals surface area contributed by atoms with Gasteiger partial charge in [-0.2, -0.15) is 0 Å². The molecule has 0 radical (unpaired) electrons. The van der Waals surface area contributed by atoms with Gasteiger partial charge in [0.25, 0.3) is 0 Å². The SMILES string of the molecule is CC1(C(=O)CN2C(=O)NC(=O)N(C3CCCCC3)c3ccccc32)CCCC1. The molecule has 150 valence electrons. The van der Waals surface area contributed by atoms with Crippen molar-refractivity contribution in [2.24, 2.45) is 5.41 Å². The Kier molecular flexibility index (Phi) is 5.13. The fraction of sp³-hybridized carbons (Fsp3) is 0.591. The van der Waals surface area contributed by atoms with Gasteiger partial charge in [0.15, 0.2) is 5.78 Å². The summed E-state index contributed by atoms with van der Waals surface area (Å²) in [6.45, 7) is 2.01. The quantitative estimate of drug-likeness (QED) is 0.824. The highest BCUT2D eigenvalue weighted by molar-refractivity contribution is 6.15. The molecule has 0 atom stereocenters. The second-order valence-electron chi connectivity index (χ2n) is 8.66. The summed E-state index contributed by atoms with van der Waals surface area (Å²) in [5, 5.41) is 2.52. The molecule has 1 aliphatic heterocycles. The van der Waals surface area contributed by atoms with Gasteiger partial charge in [0.2, 0.25) is 0 Å². The van der Waals surface area contributed by atoms with Crippen LogP contribution in [0.25, 0.3) is 0 Å². The molecular formula is C22H29N3O3. The first-order chi connectivity index (χ1) is 13.5. The number of carbonyl (C=O) groups is 3. The van der Waals surface area contributed by atoms with Gasteiger partial charge in [-0.3, -0.25) is 19.9 Å². The number of nitrogens with zero attached hydrogens (tertiary/aromatic N) is 2. The summed E-state index contributed by atoms with van der Waals surface area (Å²) < 4.78 is 0. The van der Waals surface area contributed by atoms with Gasteiger partial charge in [0.1, 0.15) is 0 Å². The van der Waals surface area contributed by atoms with Crippen LogP contribution in [0.3, 0.4) is 0 Å². The minimum absolute atomic E-state index is 0.00509. The number of imide groups is 1. The molecule has 4 amide bonds. The van der Waals surface area contributed by atoms with E-state index in [0.29, 0.717) is 5.69 Å². The summed E-state index contributed by atoms with van der Waals surface area (Å²) in [6, 6.07) is 6.67. The molecule has 0 unspecified atom stereocenters. The Hall–Kier alpha value is -2.37. The minimum Gasteiger partial charge on any atom is -0.297 e. The van der Waals surface area contributed by atoms with Gasteiger partial charge >= 0.3 is 12.1 Å². The third-order valence-corrected chi connectivity index (χ3v) is 6.73. The van der Waals surface area contributed by atoms with Crippen molar-refractivity contribution < 1.29 is 14.4 Å². The first-order valence-electron chi connectivity index (χ1n) is 10.5. The lowest BCUT2D eigenvalue weighted by atomic mass is 9.83. The van der Waals surface area contributed by atoms with Crippen molar-refractivity contribution in [3.05, 3.63) is 24.3 Å². The van der Waals surface area contributed by atoms with Crippen molar-refractivity contribution >= 4 is 29.2 Å². The molecule has 2 fully saturated rings. The molecule has 3 aliphatic rings. The predicted molar refractivity (Wildman–Crippen MR) is 109 cm³/mol. The van der Waals surface area contributed by atoms with E-state index < -0.39 is 6.03 Å². The first-order valence-corrected chi connectivity index (χ1v) is 10.5. The number of amides is 4. The van der Waals surface area contributed by atoms with Crippen molar-refractivity contribution in [2.45, 2.75) is 70.8 Å². The topological polar surface area (TPSA) is 69.7 Å². The Balaban J connectivity index is 1.67. The largest absolute Gasteiger partial charge is 0.330 e. The molecule has 0 bridgehead atoms. The lowest BCUT2D eigenvalue weighted by molar-refractivity contribution is -0.126. The van der Waals surface area contributed by atoms with Crippen LogP contribution in [-0.2, 0) is 4.79 Å². The summed E-state index contributed by atoms with van der Waals surface area (Å²) in [5.74, 6) is 0.0773. The van der Waals surface area contributed by atoms with Gasteiger partial charge in [-0.25, -0.2) is 9.59 Å². The maximum Gasteiger partial charge on any atom is 0.330 e. The van der Waals surface area contributed by atoms with E-state index in [9.17, 15) is 14.4 Å². The van der Waals surface area contributed by atoms with E-state index in [0.717, 1.165) is 57.1 Å². The minimum atomic E-state index is -0.509. The number of anilines is 2. The zero-order valence-corrected chi connectivity index (χ0v) is 16.6. The molecule has 1 aromatic carbocycles. The second kappa shape index (κ2) is 7.57. The number of fused-ring (bicyclic) bond motifs is 1. The van der Waals surface area contributed by atoms with Gasteiger partial charge in [-0.1, -0.05) is 51.2 Å². The Morgan fingerprint density at radius 1 is 1.00 bits per heavy atom. The van der Waals surface area contributed by atoms with E-state index in [-0.39, 0.29) is 29.8 Å². The number of Topliss-reactive ketones (excluding diaryl/α,β-unsaturated/α-hetero) is 1. The molecular weight excluding hydrogens is 354 g/mol. The van der Waals surface area contributed by atoms with E-state index in [1.165, 1.54) is 11.3 Å². The summed E-state index contributed by atoms with van der Waals surface area (Å²) in [7, 11) is 0. The molecule has 6 heteroatoms. The Morgan fingerprint density at radius 2 is 1.64 bits per heavy atom. The predicted octanol–water partition coefficient (Wildman–Crippen LogP) is 4.62. The number of carbonyl (C=O) groups excluding carboxylic acids is 3. The fourth-order valence-electron chi connectivity index (χ4n) is 4.96. The van der Waals surface area contributed by atoms with Crippen molar-refractivity contribution in [3.63, 3.8) is 0 Å². The molecule has 1 heterocycles. The average Bonchev–Trinajstić information content (AvgIpc) is 3.11. The number of rotatable bonds is 4. The van der Waals surface area contributed by atoms with Crippen LogP contribution >= 0.6 is 0 Å². The molecule has 2 saturated carbocycles. The van der Waals surface area contributed by atoms with Gasteiger partial charge < -0.3 is 0 Å². The van der Waals surface area contributed by atoms with Gasteiger partial charge in [0, 0.05) is 11.5 Å². The Bertz CT molecular complexity index is 779. The van der Waals surface area contributed by atoms with Crippen molar-refractivity contribution in [2.75, 3.05) is 16.3 Å². The van der Waals surface area contributed by atoms with Gasteiger partial charge in [0.05, 0.1) is 17.9 Å². The summed E-state index contributed by atoms with van der Waals surface area (Å²) >= 11 is 0. The summed E-state index contributed by atoms with van der Waals surface area (Å²) in [4.78, 5) is 42.1. The highest BCUT2D eigenvalue weighted by Gasteiger charge is 2.40. The maximum atomic E-state index is 13.0. The van der Waals surface area contributed by atoms with Gasteiger partial charge in [-0.15, -0.1) is 0 Å². The van der Waals surface area contributed by atoms with Crippen LogP contribution in [0.4, 0.5) is 21.0 Å². The van der Waals surface area contributed by atoms with Gasteiger partial charge in [-0.05, 0) is 37.8 Å². The maximum absolute atomic E-state index is 13.0. The number of ketones is 1. The molecule has 1 aromatic rings. The fourth-order valence-corrected chi connectivity index (χ4v) is 4.96. The molecule has 6 nitrogen and oxygen atoms in total. The van der Waals surface area contributed by atoms with Crippen molar-refractivity contribution in [3.8, 4) is 0 Å². The van der Waals surface area contributed by atoms with E-state index in [4.69, 9.17) is 0 Å². The third-order valence-electron chi connectivity index (χ3n) is 6.73.